The molecule has 0 radical (unpaired) electrons. The van der Waals surface area contributed by atoms with Crippen LogP contribution in [0.15, 0.2) is 48.5 Å². The first kappa shape index (κ1) is 22.9. The Morgan fingerprint density at radius 2 is 1.21 bits per heavy atom. The van der Waals surface area contributed by atoms with E-state index in [1.807, 2.05) is 0 Å². The molecule has 1 amide bonds. The molecule has 168 valence electrons. The number of aromatic hydroxyl groups is 1. The van der Waals surface area contributed by atoms with Crippen molar-refractivity contribution < 1.29 is 48.4 Å². The van der Waals surface area contributed by atoms with Crippen molar-refractivity contribution in [1.82, 2.24) is 0 Å². The third-order valence-corrected chi connectivity index (χ3v) is 4.59. The van der Waals surface area contributed by atoms with Gasteiger partial charge in [-0.25, -0.2) is 23.2 Å². The first-order valence-electron chi connectivity index (χ1n) is 8.97. The molecule has 0 saturated heterocycles. The first-order valence-corrected chi connectivity index (χ1v) is 8.97. The lowest BCUT2D eigenvalue weighted by atomic mass is 10.00. The highest BCUT2D eigenvalue weighted by Crippen LogP contribution is 2.29. The number of carbonyl (C=O) groups excluding carboxylic acids is 1. The Kier molecular flexibility index (Phi) is 6.06. The van der Waals surface area contributed by atoms with Crippen molar-refractivity contribution in [2.24, 2.45) is 0 Å². The van der Waals surface area contributed by atoms with Gasteiger partial charge in [0, 0.05) is 0 Å². The van der Waals surface area contributed by atoms with E-state index in [2.05, 4.69) is 5.32 Å². The maximum atomic E-state index is 13.6. The topological polar surface area (TPSA) is 161 Å². The van der Waals surface area contributed by atoms with Gasteiger partial charge in [-0.2, -0.15) is 0 Å². The zero-order valence-corrected chi connectivity index (χ0v) is 16.3. The van der Waals surface area contributed by atoms with Gasteiger partial charge in [-0.15, -0.1) is 0 Å². The van der Waals surface area contributed by atoms with Gasteiger partial charge in [0.05, 0.1) is 22.4 Å². The molecule has 0 unspecified atom stereocenters. The van der Waals surface area contributed by atoms with Gasteiger partial charge in [-0.1, -0.05) is 12.1 Å². The van der Waals surface area contributed by atoms with E-state index in [-0.39, 0.29) is 16.8 Å². The van der Waals surface area contributed by atoms with Gasteiger partial charge in [0.25, 0.3) is 5.91 Å². The van der Waals surface area contributed by atoms with Crippen LogP contribution >= 0.6 is 0 Å². The molecule has 9 nitrogen and oxygen atoms in total. The number of halogens is 2. The molecule has 33 heavy (non-hydrogen) atoms. The largest absolute Gasteiger partial charge is 0.507 e. The van der Waals surface area contributed by atoms with Crippen LogP contribution in [0, 0.1) is 11.6 Å². The van der Waals surface area contributed by atoms with Crippen molar-refractivity contribution in [2.75, 3.05) is 5.32 Å². The van der Waals surface area contributed by atoms with E-state index < -0.39 is 63.5 Å². The summed E-state index contributed by atoms with van der Waals surface area (Å²) in [5.41, 5.74) is -2.50. The molecule has 0 aliphatic carbocycles. The molecule has 3 rings (SSSR count). The molecule has 0 bridgehead atoms. The van der Waals surface area contributed by atoms with Crippen LogP contribution in [-0.2, 0) is 0 Å². The maximum Gasteiger partial charge on any atom is 0.339 e. The summed E-state index contributed by atoms with van der Waals surface area (Å²) in [6.07, 6.45) is 0. The predicted molar refractivity (Wildman–Crippen MR) is 109 cm³/mol. The van der Waals surface area contributed by atoms with E-state index in [1.165, 1.54) is 12.1 Å². The lowest BCUT2D eigenvalue weighted by molar-refractivity contribution is 0.0679. The summed E-state index contributed by atoms with van der Waals surface area (Å²) >= 11 is 0. The molecule has 0 fully saturated rings. The van der Waals surface area contributed by atoms with Crippen molar-refractivity contribution in [1.29, 1.82) is 0 Å². The first-order chi connectivity index (χ1) is 15.5. The lowest BCUT2D eigenvalue weighted by Gasteiger charge is -2.13. The maximum absolute atomic E-state index is 13.6. The third kappa shape index (κ3) is 4.61. The quantitative estimate of drug-likeness (QED) is 0.374. The average Bonchev–Trinajstić information content (AvgIpc) is 2.74. The number of phenols is 1. The third-order valence-electron chi connectivity index (χ3n) is 4.59. The molecule has 0 heterocycles. The number of anilines is 1. The van der Waals surface area contributed by atoms with Gasteiger partial charge < -0.3 is 25.7 Å². The van der Waals surface area contributed by atoms with Crippen molar-refractivity contribution in [3.63, 3.8) is 0 Å². The Labute approximate surface area is 183 Å². The second kappa shape index (κ2) is 8.75. The number of hydrogen-bond acceptors (Lipinski definition) is 5. The standard InChI is InChI=1S/C22H13F2NO8/c23-15-4-2-9(5-16(15)24)10-1-3-11(20(28)29)17(6-10)25-19(27)12-8-18(26)14(22(32)33)7-13(12)21(30)31/h1-8,26H,(H,25,27)(H,28,29)(H,30,31)(H,32,33). The highest BCUT2D eigenvalue weighted by molar-refractivity contribution is 6.14. The van der Waals surface area contributed by atoms with Crippen LogP contribution in [0.4, 0.5) is 14.5 Å². The Morgan fingerprint density at radius 3 is 1.79 bits per heavy atom. The second-order valence-corrected chi connectivity index (χ2v) is 6.67. The van der Waals surface area contributed by atoms with Gasteiger partial charge >= 0.3 is 17.9 Å². The molecule has 5 N–H and O–H groups in total. The minimum atomic E-state index is -1.67. The Balaban J connectivity index is 2.08. The van der Waals surface area contributed by atoms with Gasteiger partial charge in [0.2, 0.25) is 0 Å². The molecule has 11 heteroatoms. The number of carboxylic acids is 3. The summed E-state index contributed by atoms with van der Waals surface area (Å²) in [6.45, 7) is 0. The van der Waals surface area contributed by atoms with Crippen LogP contribution in [0.3, 0.4) is 0 Å². The van der Waals surface area contributed by atoms with Gasteiger partial charge in [0.1, 0.15) is 11.3 Å². The number of amides is 1. The molecule has 0 saturated carbocycles. The summed E-state index contributed by atoms with van der Waals surface area (Å²) in [6, 6.07) is 7.71. The van der Waals surface area contributed by atoms with Gasteiger partial charge in [0.15, 0.2) is 11.6 Å². The Hall–Kier alpha value is -4.80. The Bertz CT molecular complexity index is 1340. The van der Waals surface area contributed by atoms with Crippen molar-refractivity contribution in [3.8, 4) is 16.9 Å². The van der Waals surface area contributed by atoms with Crippen molar-refractivity contribution >= 4 is 29.5 Å². The molecule has 0 spiro atoms. The molecule has 0 aliphatic rings. The van der Waals surface area contributed by atoms with E-state index in [1.54, 1.807) is 0 Å². The van der Waals surface area contributed by atoms with Gasteiger partial charge in [-0.3, -0.25) is 4.79 Å². The fourth-order valence-corrected chi connectivity index (χ4v) is 3.00. The molecule has 0 aromatic heterocycles. The van der Waals surface area contributed by atoms with Gasteiger partial charge in [-0.05, 0) is 47.5 Å². The number of carbonyl (C=O) groups is 4. The molecular weight excluding hydrogens is 444 g/mol. The van der Waals surface area contributed by atoms with Crippen LogP contribution in [0.25, 0.3) is 11.1 Å². The van der Waals surface area contributed by atoms with Crippen LogP contribution in [0.1, 0.15) is 41.4 Å². The number of nitrogens with one attached hydrogen (secondary N) is 1. The monoisotopic (exact) mass is 457 g/mol. The summed E-state index contributed by atoms with van der Waals surface area (Å²) in [5.74, 6) is -9.05. The molecule has 3 aromatic rings. The Morgan fingerprint density at radius 1 is 0.636 bits per heavy atom. The van der Waals surface area contributed by atoms with Crippen LogP contribution in [-0.4, -0.2) is 44.2 Å². The smallest absolute Gasteiger partial charge is 0.339 e. The van der Waals surface area contributed by atoms with E-state index in [9.17, 15) is 43.3 Å². The van der Waals surface area contributed by atoms with Crippen molar-refractivity contribution in [2.45, 2.75) is 0 Å². The predicted octanol–water partition coefficient (Wildman–Crippen LogP) is 3.68. The zero-order valence-electron chi connectivity index (χ0n) is 16.3. The minimum Gasteiger partial charge on any atom is -0.507 e. The fraction of sp³-hybridized carbons (Fsp3) is 0. The minimum absolute atomic E-state index is 0.163. The number of carboxylic acid groups (broad SMARTS) is 3. The summed E-state index contributed by atoms with van der Waals surface area (Å²) in [5, 5.41) is 39.9. The summed E-state index contributed by atoms with van der Waals surface area (Å²) in [7, 11) is 0. The number of rotatable bonds is 6. The number of aromatic carboxylic acids is 3. The molecule has 3 aromatic carbocycles. The number of hydrogen-bond donors (Lipinski definition) is 5. The molecular formula is C22H13F2NO8. The van der Waals surface area contributed by atoms with E-state index in [0.29, 0.717) is 12.1 Å². The van der Waals surface area contributed by atoms with E-state index in [4.69, 9.17) is 5.11 Å². The molecule has 0 aliphatic heterocycles. The molecule has 0 atom stereocenters. The van der Waals surface area contributed by atoms with Crippen LogP contribution in [0.5, 0.6) is 5.75 Å². The lowest BCUT2D eigenvalue weighted by Crippen LogP contribution is -2.19. The summed E-state index contributed by atoms with van der Waals surface area (Å²) in [4.78, 5) is 47.0. The second-order valence-electron chi connectivity index (χ2n) is 6.67. The van der Waals surface area contributed by atoms with Crippen molar-refractivity contribution in [3.05, 3.63) is 82.4 Å². The number of benzene rings is 3. The van der Waals surface area contributed by atoms with E-state index in [0.717, 1.165) is 24.3 Å². The average molecular weight is 457 g/mol. The zero-order chi connectivity index (χ0) is 24.4. The fourth-order valence-electron chi connectivity index (χ4n) is 3.00. The van der Waals surface area contributed by atoms with Crippen LogP contribution < -0.4 is 5.32 Å². The highest BCUT2D eigenvalue weighted by atomic mass is 19.2. The normalized spacial score (nSPS) is 10.5. The highest BCUT2D eigenvalue weighted by Gasteiger charge is 2.24. The SMILES string of the molecule is O=C(O)c1cc(C(=O)O)c(C(=O)Nc2cc(-c3ccc(F)c(F)c3)ccc2C(=O)O)cc1O. The summed E-state index contributed by atoms with van der Waals surface area (Å²) < 4.78 is 26.8. The van der Waals surface area contributed by atoms with E-state index >= 15 is 0 Å². The van der Waals surface area contributed by atoms with Crippen LogP contribution in [0.2, 0.25) is 0 Å².